The Labute approximate surface area is 234 Å². The molecule has 1 aliphatic carbocycles. The lowest BCUT2D eigenvalue weighted by Gasteiger charge is -2.40. The summed E-state index contributed by atoms with van der Waals surface area (Å²) >= 11 is 0. The van der Waals surface area contributed by atoms with Crippen LogP contribution in [0.2, 0.25) is 0 Å². The zero-order valence-electron chi connectivity index (χ0n) is 23.7. The highest BCUT2D eigenvalue weighted by atomic mass is 16.2. The van der Waals surface area contributed by atoms with Crippen molar-refractivity contribution >= 4 is 17.5 Å². The molecule has 0 radical (unpaired) electrons. The first-order valence-corrected chi connectivity index (χ1v) is 15.4. The summed E-state index contributed by atoms with van der Waals surface area (Å²) in [7, 11) is 0. The van der Waals surface area contributed by atoms with Gasteiger partial charge in [-0.15, -0.1) is 0 Å². The van der Waals surface area contributed by atoms with Gasteiger partial charge < -0.3 is 15.1 Å². The maximum absolute atomic E-state index is 13.7. The monoisotopic (exact) mass is 530 g/mol. The summed E-state index contributed by atoms with van der Waals surface area (Å²) in [6.07, 6.45) is 10.7. The number of piperazine rings is 1. The number of piperidine rings is 1. The summed E-state index contributed by atoms with van der Waals surface area (Å²) in [5.41, 5.74) is 2.93. The smallest absolute Gasteiger partial charge is 0.256 e. The van der Waals surface area contributed by atoms with Crippen LogP contribution in [0.1, 0.15) is 86.6 Å². The van der Waals surface area contributed by atoms with Crippen molar-refractivity contribution in [2.24, 2.45) is 0 Å². The highest BCUT2D eigenvalue weighted by Crippen LogP contribution is 2.28. The predicted molar refractivity (Wildman–Crippen MR) is 158 cm³/mol. The van der Waals surface area contributed by atoms with Crippen molar-refractivity contribution in [2.45, 2.75) is 82.7 Å². The Morgan fingerprint density at radius 3 is 2.10 bits per heavy atom. The van der Waals surface area contributed by atoms with Gasteiger partial charge in [-0.1, -0.05) is 75.1 Å². The second kappa shape index (κ2) is 13.5. The van der Waals surface area contributed by atoms with E-state index in [1.165, 1.54) is 38.5 Å². The van der Waals surface area contributed by atoms with Crippen molar-refractivity contribution in [1.82, 2.24) is 15.1 Å². The number of hydrogen-bond donors (Lipinski definition) is 1. The zero-order chi connectivity index (χ0) is 27.0. The molecule has 3 fully saturated rings. The van der Waals surface area contributed by atoms with Crippen LogP contribution < -0.4 is 10.2 Å². The number of nitrogens with one attached hydrogen (secondary N) is 1. The lowest BCUT2D eigenvalue weighted by atomic mass is 9.94. The van der Waals surface area contributed by atoms with E-state index >= 15 is 0 Å². The maximum Gasteiger partial charge on any atom is 0.256 e. The van der Waals surface area contributed by atoms with Crippen LogP contribution in [-0.2, 0) is 4.79 Å². The molecular formula is C33H46N4O2. The highest BCUT2D eigenvalue weighted by molar-refractivity contribution is 6.00. The zero-order valence-corrected chi connectivity index (χ0v) is 23.7. The molecule has 2 aromatic rings. The number of hydrogen-bond acceptors (Lipinski definition) is 4. The van der Waals surface area contributed by atoms with Crippen molar-refractivity contribution in [2.75, 3.05) is 44.2 Å². The summed E-state index contributed by atoms with van der Waals surface area (Å²) in [4.78, 5) is 33.8. The maximum atomic E-state index is 13.7. The summed E-state index contributed by atoms with van der Waals surface area (Å²) in [6.45, 7) is 7.37. The molecule has 1 saturated carbocycles. The summed E-state index contributed by atoms with van der Waals surface area (Å²) in [5.74, 6) is 0.182. The van der Waals surface area contributed by atoms with E-state index in [0.29, 0.717) is 6.04 Å². The molecule has 0 aromatic heterocycles. The van der Waals surface area contributed by atoms with Crippen LogP contribution in [0.5, 0.6) is 0 Å². The molecule has 1 N–H and O–H groups in total. The molecule has 6 nitrogen and oxygen atoms in total. The van der Waals surface area contributed by atoms with Crippen molar-refractivity contribution in [3.63, 3.8) is 0 Å². The van der Waals surface area contributed by atoms with Gasteiger partial charge in [0.1, 0.15) is 0 Å². The minimum Gasteiger partial charge on any atom is -0.371 e. The molecule has 2 saturated heterocycles. The molecule has 2 aromatic carbocycles. The Bertz CT molecular complexity index is 1070. The van der Waals surface area contributed by atoms with E-state index in [0.717, 1.165) is 75.3 Å². The van der Waals surface area contributed by atoms with Gasteiger partial charge in [-0.3, -0.25) is 14.5 Å². The Hall–Kier alpha value is -2.86. The minimum absolute atomic E-state index is 0.106. The van der Waals surface area contributed by atoms with Gasteiger partial charge in [0.25, 0.3) is 5.91 Å². The fourth-order valence-electron chi connectivity index (χ4n) is 6.84. The van der Waals surface area contributed by atoms with Crippen LogP contribution in [0.4, 0.5) is 5.69 Å². The summed E-state index contributed by atoms with van der Waals surface area (Å²) < 4.78 is 0. The molecule has 3 aliphatic rings. The number of carbonyl (C=O) groups is 2. The summed E-state index contributed by atoms with van der Waals surface area (Å²) in [6, 6.07) is 19.1. The molecule has 0 spiro atoms. The first kappa shape index (κ1) is 27.7. The van der Waals surface area contributed by atoms with Crippen LogP contribution in [-0.4, -0.2) is 73.0 Å². The van der Waals surface area contributed by atoms with Crippen LogP contribution in [0.3, 0.4) is 0 Å². The normalized spacial score (nSPS) is 20.8. The minimum atomic E-state index is -0.106. The van der Waals surface area contributed by atoms with Gasteiger partial charge in [0.2, 0.25) is 5.91 Å². The standard InChI is InChI=1S/C33H46N4O2/c1-2-29(26-12-6-5-7-13-26)32(38)34-27-18-20-36(21-19-27)31-17-11-10-16-30(31)33(39)37-24-22-35(23-25-37)28-14-8-3-4-9-15-28/h5-7,10-13,16-17,27-29H,2-4,8-9,14-15,18-25H2,1H3,(H,34,38)/t29-/m0/s1. The van der Waals surface area contributed by atoms with E-state index in [2.05, 4.69) is 33.0 Å². The molecule has 2 heterocycles. The molecule has 6 heteroatoms. The van der Waals surface area contributed by atoms with E-state index < -0.39 is 0 Å². The van der Waals surface area contributed by atoms with Crippen molar-refractivity contribution in [1.29, 1.82) is 0 Å². The second-order valence-electron chi connectivity index (χ2n) is 11.6. The summed E-state index contributed by atoms with van der Waals surface area (Å²) in [5, 5.41) is 3.32. The van der Waals surface area contributed by atoms with Crippen LogP contribution in [0.15, 0.2) is 54.6 Å². The van der Waals surface area contributed by atoms with Gasteiger partial charge in [-0.2, -0.15) is 0 Å². The number of para-hydroxylation sites is 1. The third-order valence-corrected chi connectivity index (χ3v) is 9.19. The fraction of sp³-hybridized carbons (Fsp3) is 0.576. The SMILES string of the molecule is CC[C@H](C(=O)NC1CCN(c2ccccc2C(=O)N2CCN(C3CCCCCC3)CC2)CC1)c1ccccc1. The quantitative estimate of drug-likeness (QED) is 0.484. The van der Waals surface area contributed by atoms with Crippen molar-refractivity contribution in [3.05, 3.63) is 65.7 Å². The Morgan fingerprint density at radius 2 is 1.44 bits per heavy atom. The number of rotatable bonds is 7. The number of nitrogens with zero attached hydrogens (tertiary/aromatic N) is 3. The van der Waals surface area contributed by atoms with Crippen molar-refractivity contribution in [3.8, 4) is 0 Å². The third-order valence-electron chi connectivity index (χ3n) is 9.19. The Balaban J connectivity index is 1.15. The Kier molecular flexibility index (Phi) is 9.57. The number of carbonyl (C=O) groups excluding carboxylic acids is 2. The van der Waals surface area contributed by atoms with Crippen LogP contribution in [0, 0.1) is 0 Å². The van der Waals surface area contributed by atoms with E-state index in [-0.39, 0.29) is 23.8 Å². The van der Waals surface area contributed by atoms with Gasteiger partial charge >= 0.3 is 0 Å². The predicted octanol–water partition coefficient (Wildman–Crippen LogP) is 5.45. The average molecular weight is 531 g/mol. The largest absolute Gasteiger partial charge is 0.371 e. The van der Waals surface area contributed by atoms with Gasteiger partial charge in [0.05, 0.1) is 11.5 Å². The topological polar surface area (TPSA) is 55.9 Å². The van der Waals surface area contributed by atoms with E-state index in [4.69, 9.17) is 0 Å². The van der Waals surface area contributed by atoms with E-state index in [9.17, 15) is 9.59 Å². The molecule has 2 amide bonds. The second-order valence-corrected chi connectivity index (χ2v) is 11.6. The van der Waals surface area contributed by atoms with Gasteiger partial charge in [0, 0.05) is 57.0 Å². The number of amides is 2. The average Bonchev–Trinajstić information content (AvgIpc) is 3.28. The van der Waals surface area contributed by atoms with E-state index in [1.54, 1.807) is 0 Å². The van der Waals surface area contributed by atoms with Gasteiger partial charge in [-0.25, -0.2) is 0 Å². The highest BCUT2D eigenvalue weighted by Gasteiger charge is 2.30. The number of benzene rings is 2. The first-order valence-electron chi connectivity index (χ1n) is 15.4. The first-order chi connectivity index (χ1) is 19.1. The molecule has 2 aliphatic heterocycles. The molecule has 0 bridgehead atoms. The molecule has 1 atom stereocenters. The number of anilines is 1. The fourth-order valence-corrected chi connectivity index (χ4v) is 6.84. The molecule has 210 valence electrons. The molecular weight excluding hydrogens is 484 g/mol. The van der Waals surface area contributed by atoms with Gasteiger partial charge in [-0.05, 0) is 49.8 Å². The van der Waals surface area contributed by atoms with Crippen molar-refractivity contribution < 1.29 is 9.59 Å². The lowest BCUT2D eigenvalue weighted by Crippen LogP contribution is -2.52. The third kappa shape index (κ3) is 6.84. The molecule has 39 heavy (non-hydrogen) atoms. The lowest BCUT2D eigenvalue weighted by molar-refractivity contribution is -0.123. The van der Waals surface area contributed by atoms with E-state index in [1.807, 2.05) is 48.5 Å². The van der Waals surface area contributed by atoms with Gasteiger partial charge in [0.15, 0.2) is 0 Å². The Morgan fingerprint density at radius 1 is 0.795 bits per heavy atom. The van der Waals surface area contributed by atoms with Crippen LogP contribution >= 0.6 is 0 Å². The molecule has 0 unspecified atom stereocenters. The molecule has 5 rings (SSSR count). The van der Waals surface area contributed by atoms with Crippen LogP contribution in [0.25, 0.3) is 0 Å².